The minimum Gasteiger partial charge on any atom is -0.311 e. The van der Waals surface area contributed by atoms with Crippen LogP contribution < -0.4 is 5.32 Å². The Morgan fingerprint density at radius 2 is 1.81 bits per heavy atom. The molecule has 0 aromatic rings. The van der Waals surface area contributed by atoms with Gasteiger partial charge in [0.05, 0.1) is 0 Å². The Balaban J connectivity index is 2.24. The molecule has 94 valence electrons. The minimum absolute atomic E-state index is 0.459. The Bertz CT molecular complexity index is 206. The van der Waals surface area contributed by atoms with Crippen LogP contribution in [-0.4, -0.2) is 12.6 Å². The molecule has 16 heavy (non-hydrogen) atoms. The van der Waals surface area contributed by atoms with Crippen molar-refractivity contribution in [1.29, 1.82) is 0 Å². The molecule has 0 saturated heterocycles. The van der Waals surface area contributed by atoms with Crippen molar-refractivity contribution in [2.75, 3.05) is 6.54 Å². The van der Waals surface area contributed by atoms with Gasteiger partial charge in [0.1, 0.15) is 0 Å². The van der Waals surface area contributed by atoms with Crippen LogP contribution in [0.25, 0.3) is 0 Å². The van der Waals surface area contributed by atoms with Gasteiger partial charge in [0.25, 0.3) is 0 Å². The highest BCUT2D eigenvalue weighted by molar-refractivity contribution is 4.85. The van der Waals surface area contributed by atoms with Crippen LogP contribution in [0.1, 0.15) is 53.4 Å². The van der Waals surface area contributed by atoms with E-state index in [0.29, 0.717) is 11.5 Å². The molecule has 1 heteroatoms. The summed E-state index contributed by atoms with van der Waals surface area (Å²) < 4.78 is 0. The first-order valence-corrected chi connectivity index (χ1v) is 6.79. The fourth-order valence-electron chi connectivity index (χ4n) is 2.67. The van der Waals surface area contributed by atoms with E-state index in [9.17, 15) is 0 Å². The van der Waals surface area contributed by atoms with Crippen LogP contribution in [-0.2, 0) is 0 Å². The van der Waals surface area contributed by atoms with Crippen molar-refractivity contribution in [3.8, 4) is 0 Å². The molecule has 0 aromatic heterocycles. The standard InChI is InChI=1S/C15H29N/c1-6-12(2)16-11-13-7-9-14(10-8-13)15(3,4)5/h6,12-14,16H,1,7-11H2,2-5H3. The molecule has 0 bridgehead atoms. The largest absolute Gasteiger partial charge is 0.311 e. The molecule has 0 heterocycles. The summed E-state index contributed by atoms with van der Waals surface area (Å²) in [7, 11) is 0. The summed E-state index contributed by atoms with van der Waals surface area (Å²) in [5.74, 6) is 1.82. The molecule has 1 aliphatic rings. The number of hydrogen-bond donors (Lipinski definition) is 1. The first-order valence-electron chi connectivity index (χ1n) is 6.79. The van der Waals surface area contributed by atoms with Gasteiger partial charge in [-0.2, -0.15) is 0 Å². The van der Waals surface area contributed by atoms with E-state index in [2.05, 4.69) is 39.6 Å². The smallest absolute Gasteiger partial charge is 0.0219 e. The minimum atomic E-state index is 0.459. The highest BCUT2D eigenvalue weighted by atomic mass is 14.9. The molecule has 0 radical (unpaired) electrons. The van der Waals surface area contributed by atoms with E-state index in [-0.39, 0.29) is 0 Å². The van der Waals surface area contributed by atoms with Gasteiger partial charge in [-0.05, 0) is 56.4 Å². The van der Waals surface area contributed by atoms with E-state index < -0.39 is 0 Å². The first-order chi connectivity index (χ1) is 7.43. The summed E-state index contributed by atoms with van der Waals surface area (Å²) in [6.07, 6.45) is 7.62. The molecule has 1 saturated carbocycles. The lowest BCUT2D eigenvalue weighted by Gasteiger charge is -2.37. The SMILES string of the molecule is C=CC(C)NCC1CCC(C(C)(C)C)CC1. The monoisotopic (exact) mass is 223 g/mol. The summed E-state index contributed by atoms with van der Waals surface area (Å²) in [5.41, 5.74) is 0.507. The number of rotatable bonds is 4. The maximum absolute atomic E-state index is 3.81. The lowest BCUT2D eigenvalue weighted by Crippen LogP contribution is -2.33. The molecule has 0 amide bonds. The zero-order valence-electron chi connectivity index (χ0n) is 11.6. The third-order valence-electron chi connectivity index (χ3n) is 4.15. The number of hydrogen-bond acceptors (Lipinski definition) is 1. The van der Waals surface area contributed by atoms with E-state index in [1.807, 2.05) is 6.08 Å². The van der Waals surface area contributed by atoms with Gasteiger partial charge in [-0.25, -0.2) is 0 Å². The fraction of sp³-hybridized carbons (Fsp3) is 0.867. The van der Waals surface area contributed by atoms with Crippen molar-refractivity contribution in [3.05, 3.63) is 12.7 Å². The van der Waals surface area contributed by atoms with Gasteiger partial charge in [0.2, 0.25) is 0 Å². The predicted molar refractivity (Wildman–Crippen MR) is 72.6 cm³/mol. The van der Waals surface area contributed by atoms with Crippen molar-refractivity contribution in [1.82, 2.24) is 5.32 Å². The molecule has 0 spiro atoms. The molecule has 0 aliphatic heterocycles. The van der Waals surface area contributed by atoms with E-state index in [0.717, 1.165) is 11.8 Å². The quantitative estimate of drug-likeness (QED) is 0.710. The molecule has 1 rings (SSSR count). The third kappa shape index (κ3) is 4.29. The van der Waals surface area contributed by atoms with Crippen LogP contribution in [0.5, 0.6) is 0 Å². The van der Waals surface area contributed by atoms with Gasteiger partial charge in [0, 0.05) is 6.04 Å². The summed E-state index contributed by atoms with van der Waals surface area (Å²) in [5, 5.41) is 3.54. The molecule has 0 aromatic carbocycles. The van der Waals surface area contributed by atoms with Crippen molar-refractivity contribution >= 4 is 0 Å². The second-order valence-corrected chi connectivity index (χ2v) is 6.52. The molecular formula is C15H29N. The Morgan fingerprint density at radius 1 is 1.25 bits per heavy atom. The maximum Gasteiger partial charge on any atom is 0.0219 e. The average molecular weight is 223 g/mol. The van der Waals surface area contributed by atoms with E-state index >= 15 is 0 Å². The fourth-order valence-corrected chi connectivity index (χ4v) is 2.67. The Morgan fingerprint density at radius 3 is 2.25 bits per heavy atom. The van der Waals surface area contributed by atoms with Crippen LogP contribution in [0.4, 0.5) is 0 Å². The highest BCUT2D eigenvalue weighted by Gasteiger charge is 2.29. The molecule has 1 nitrogen and oxygen atoms in total. The first kappa shape index (κ1) is 13.8. The van der Waals surface area contributed by atoms with Gasteiger partial charge < -0.3 is 5.32 Å². The van der Waals surface area contributed by atoms with Crippen LogP contribution in [0, 0.1) is 17.3 Å². The Kier molecular flexibility index (Phi) is 5.04. The van der Waals surface area contributed by atoms with Crippen molar-refractivity contribution in [3.63, 3.8) is 0 Å². The summed E-state index contributed by atoms with van der Waals surface area (Å²) in [4.78, 5) is 0. The normalized spacial score (nSPS) is 28.8. The van der Waals surface area contributed by atoms with Crippen LogP contribution in [0.2, 0.25) is 0 Å². The lowest BCUT2D eigenvalue weighted by atomic mass is 9.70. The Hall–Kier alpha value is -0.300. The van der Waals surface area contributed by atoms with Gasteiger partial charge in [-0.1, -0.05) is 26.8 Å². The zero-order valence-corrected chi connectivity index (χ0v) is 11.6. The second-order valence-electron chi connectivity index (χ2n) is 6.52. The summed E-state index contributed by atoms with van der Waals surface area (Å²) in [6, 6.07) is 0.459. The molecule has 1 aliphatic carbocycles. The van der Waals surface area contributed by atoms with Crippen LogP contribution >= 0.6 is 0 Å². The van der Waals surface area contributed by atoms with E-state index in [1.165, 1.54) is 32.2 Å². The molecule has 1 atom stereocenters. The van der Waals surface area contributed by atoms with E-state index in [1.54, 1.807) is 0 Å². The van der Waals surface area contributed by atoms with Gasteiger partial charge in [-0.3, -0.25) is 0 Å². The average Bonchev–Trinajstić information content (AvgIpc) is 2.25. The second kappa shape index (κ2) is 5.86. The summed E-state index contributed by atoms with van der Waals surface area (Å²) in [6.45, 7) is 14.3. The van der Waals surface area contributed by atoms with Crippen LogP contribution in [0.15, 0.2) is 12.7 Å². The molecule has 1 fully saturated rings. The molecule has 1 unspecified atom stereocenters. The lowest BCUT2D eigenvalue weighted by molar-refractivity contribution is 0.148. The topological polar surface area (TPSA) is 12.0 Å². The van der Waals surface area contributed by atoms with Crippen molar-refractivity contribution in [2.45, 2.75) is 59.4 Å². The Labute approximate surface area is 102 Å². The number of nitrogens with one attached hydrogen (secondary N) is 1. The van der Waals surface area contributed by atoms with Gasteiger partial charge >= 0.3 is 0 Å². The van der Waals surface area contributed by atoms with Gasteiger partial charge in [0.15, 0.2) is 0 Å². The highest BCUT2D eigenvalue weighted by Crippen LogP contribution is 2.39. The van der Waals surface area contributed by atoms with Crippen molar-refractivity contribution < 1.29 is 0 Å². The van der Waals surface area contributed by atoms with Gasteiger partial charge in [-0.15, -0.1) is 6.58 Å². The zero-order chi connectivity index (χ0) is 12.2. The predicted octanol–water partition coefficient (Wildman–Crippen LogP) is 4.00. The maximum atomic E-state index is 3.81. The molecule has 1 N–H and O–H groups in total. The molecular weight excluding hydrogens is 194 g/mol. The third-order valence-corrected chi connectivity index (χ3v) is 4.15. The van der Waals surface area contributed by atoms with E-state index in [4.69, 9.17) is 0 Å². The van der Waals surface area contributed by atoms with Crippen LogP contribution in [0.3, 0.4) is 0 Å². The van der Waals surface area contributed by atoms with Crippen molar-refractivity contribution in [2.24, 2.45) is 17.3 Å². The summed E-state index contributed by atoms with van der Waals surface area (Å²) >= 11 is 0.